The van der Waals surface area contributed by atoms with Crippen LogP contribution < -0.4 is 0 Å². The Balaban J connectivity index is 0.00000856. The molecule has 2 N–H and O–H groups in total. The summed E-state index contributed by atoms with van der Waals surface area (Å²) in [7, 11) is 0. The number of carbonyl (C=O) groups excluding carboxylic acids is 4. The molecule has 0 radical (unpaired) electrons. The zero-order chi connectivity index (χ0) is 44.9. The molecule has 0 fully saturated rings. The Labute approximate surface area is 350 Å². The van der Waals surface area contributed by atoms with Crippen molar-refractivity contribution in [2.75, 3.05) is 0 Å². The van der Waals surface area contributed by atoms with E-state index in [1.807, 2.05) is 147 Å². The van der Waals surface area contributed by atoms with Crippen LogP contribution in [0.1, 0.15) is 115 Å². The summed E-state index contributed by atoms with van der Waals surface area (Å²) >= 11 is 0. The second kappa shape index (κ2) is 25.7. The Hall–Kier alpha value is -5.64. The fourth-order valence-electron chi connectivity index (χ4n) is 6.32. The van der Waals surface area contributed by atoms with Crippen LogP contribution in [0.3, 0.4) is 0 Å². The summed E-state index contributed by atoms with van der Waals surface area (Å²) in [5.41, 5.74) is 6.49. The fourth-order valence-corrected chi connectivity index (χ4v) is 6.32. The molecule has 0 aromatic carbocycles. The van der Waals surface area contributed by atoms with Gasteiger partial charge in [0.2, 0.25) is 0 Å². The van der Waals surface area contributed by atoms with Crippen molar-refractivity contribution in [3.05, 3.63) is 130 Å². The molecular formula is C49H64O10. The monoisotopic (exact) mass is 812 g/mol. The minimum atomic E-state index is -1.09. The molecule has 0 saturated carbocycles. The van der Waals surface area contributed by atoms with Crippen LogP contribution in [0.5, 0.6) is 0 Å². The van der Waals surface area contributed by atoms with E-state index in [-0.39, 0.29) is 43.2 Å². The highest BCUT2D eigenvalue weighted by Crippen LogP contribution is 2.41. The van der Waals surface area contributed by atoms with Gasteiger partial charge in [0.25, 0.3) is 0 Å². The standard InChI is InChI=1S/C47H58O10.C2H6/c1-30(16-12-18-32(3)20-22-37-34(5)28-39(45(54)35(37)6)56-43(52)26-24-41(48)49)14-10-11-15-31(2)17-13-19-33(4)21-23-38-36(7)46(55)40(29-47(38,8)9)57-44(53)27-25-42(50)51;1-2/h10-23,34,39-40H,24-29H2,1-9H3,(H,48,49)(H,50,51);1-2H3/b11-10+,16-12+,17-13+,22-20+,23-21+,30-14+,31-15+,32-18+,33-19+;. The minimum Gasteiger partial charge on any atom is -0.481 e. The van der Waals surface area contributed by atoms with Gasteiger partial charge in [0.05, 0.1) is 25.7 Å². The third kappa shape index (κ3) is 18.7. The van der Waals surface area contributed by atoms with E-state index >= 15 is 0 Å². The molecule has 10 heteroatoms. The normalized spacial score (nSPS) is 21.0. The number of esters is 2. The smallest absolute Gasteiger partial charge is 0.307 e. The number of carboxylic acids is 2. The van der Waals surface area contributed by atoms with Crippen molar-refractivity contribution in [2.45, 2.75) is 127 Å². The van der Waals surface area contributed by atoms with Crippen molar-refractivity contribution in [3.8, 4) is 0 Å². The lowest BCUT2D eigenvalue weighted by Gasteiger charge is -2.36. The van der Waals surface area contributed by atoms with Crippen LogP contribution in [0.2, 0.25) is 0 Å². The SMILES string of the molecule is CC.CC1=C(/C=C/C(C)=C/C=C/C(C)=C/C=C/C=C(C)/C=C/C=C(C)/C=C/C2=C(C)C(=O)C(OC(=O)CCC(=O)O)CC2(C)C)C(C)CC(OC(=O)CCC(=O)O)C1=O. The first-order chi connectivity index (χ1) is 27.7. The molecule has 0 aromatic rings. The molecule has 10 nitrogen and oxygen atoms in total. The predicted molar refractivity (Wildman–Crippen MR) is 233 cm³/mol. The number of carboxylic acid groups (broad SMARTS) is 2. The molecule has 0 spiro atoms. The van der Waals surface area contributed by atoms with Crippen LogP contribution in [0.25, 0.3) is 0 Å². The molecule has 0 aromatic heterocycles. The molecule has 0 aliphatic heterocycles. The van der Waals surface area contributed by atoms with Crippen molar-refractivity contribution >= 4 is 35.4 Å². The van der Waals surface area contributed by atoms with Crippen molar-refractivity contribution < 1.29 is 48.5 Å². The second-order valence-corrected chi connectivity index (χ2v) is 15.2. The third-order valence-corrected chi connectivity index (χ3v) is 9.62. The topological polar surface area (TPSA) is 161 Å². The Bertz CT molecular complexity index is 1910. The zero-order valence-electron chi connectivity index (χ0n) is 36.7. The average Bonchev–Trinajstić information content (AvgIpc) is 3.16. The minimum absolute atomic E-state index is 0.0120. The van der Waals surface area contributed by atoms with Gasteiger partial charge in [-0.3, -0.25) is 28.8 Å². The Kier molecular flexibility index (Phi) is 22.3. The van der Waals surface area contributed by atoms with Gasteiger partial charge in [-0.05, 0) is 81.6 Å². The summed E-state index contributed by atoms with van der Waals surface area (Å²) in [5.74, 6) is -4.08. The summed E-state index contributed by atoms with van der Waals surface area (Å²) < 4.78 is 10.6. The number of carbonyl (C=O) groups is 6. The van der Waals surface area contributed by atoms with Crippen LogP contribution in [-0.4, -0.2) is 57.9 Å². The van der Waals surface area contributed by atoms with Crippen LogP contribution in [0.4, 0.5) is 0 Å². The second-order valence-electron chi connectivity index (χ2n) is 15.2. The number of hydrogen-bond donors (Lipinski definition) is 2. The van der Waals surface area contributed by atoms with Gasteiger partial charge in [0.15, 0.2) is 23.8 Å². The van der Waals surface area contributed by atoms with Crippen LogP contribution in [-0.2, 0) is 38.2 Å². The largest absolute Gasteiger partial charge is 0.481 e. The van der Waals surface area contributed by atoms with Gasteiger partial charge >= 0.3 is 23.9 Å². The lowest BCUT2D eigenvalue weighted by atomic mass is 9.71. The maximum absolute atomic E-state index is 13.0. The van der Waals surface area contributed by atoms with Gasteiger partial charge in [-0.25, -0.2) is 0 Å². The number of ketones is 2. The maximum atomic E-state index is 13.0. The highest BCUT2D eigenvalue weighted by molar-refractivity contribution is 6.02. The van der Waals surface area contributed by atoms with E-state index < -0.39 is 41.5 Å². The average molecular weight is 813 g/mol. The van der Waals surface area contributed by atoms with E-state index in [0.29, 0.717) is 24.0 Å². The third-order valence-electron chi connectivity index (χ3n) is 9.62. The van der Waals surface area contributed by atoms with E-state index in [1.54, 1.807) is 13.8 Å². The summed E-state index contributed by atoms with van der Waals surface area (Å²) in [6.45, 7) is 21.4. The highest BCUT2D eigenvalue weighted by atomic mass is 16.6. The molecule has 0 bridgehead atoms. The van der Waals surface area contributed by atoms with E-state index in [9.17, 15) is 28.8 Å². The Morgan fingerprint density at radius 2 is 1.03 bits per heavy atom. The molecule has 3 unspecified atom stereocenters. The van der Waals surface area contributed by atoms with Gasteiger partial charge in [-0.15, -0.1) is 0 Å². The lowest BCUT2D eigenvalue weighted by molar-refractivity contribution is -0.157. The first-order valence-corrected chi connectivity index (χ1v) is 20.1. The van der Waals surface area contributed by atoms with Gasteiger partial charge in [0, 0.05) is 6.42 Å². The van der Waals surface area contributed by atoms with Crippen molar-refractivity contribution in [2.24, 2.45) is 11.3 Å². The lowest BCUT2D eigenvalue weighted by Crippen LogP contribution is -2.39. The number of aliphatic carboxylic acids is 2. The number of allylic oxidation sites excluding steroid dienone is 20. The van der Waals surface area contributed by atoms with Gasteiger partial charge in [-0.1, -0.05) is 142 Å². The van der Waals surface area contributed by atoms with Crippen molar-refractivity contribution in [1.29, 1.82) is 0 Å². The molecule has 59 heavy (non-hydrogen) atoms. The van der Waals surface area contributed by atoms with E-state index in [4.69, 9.17) is 19.7 Å². The number of rotatable bonds is 18. The predicted octanol–water partition coefficient (Wildman–Crippen LogP) is 10.4. The van der Waals surface area contributed by atoms with Gasteiger partial charge < -0.3 is 19.7 Å². The Morgan fingerprint density at radius 1 is 0.627 bits per heavy atom. The van der Waals surface area contributed by atoms with E-state index in [0.717, 1.165) is 33.4 Å². The van der Waals surface area contributed by atoms with E-state index in [1.165, 1.54) is 0 Å². The van der Waals surface area contributed by atoms with Gasteiger partial charge in [-0.2, -0.15) is 0 Å². The molecule has 0 saturated heterocycles. The van der Waals surface area contributed by atoms with Crippen LogP contribution >= 0.6 is 0 Å². The summed E-state index contributed by atoms with van der Waals surface area (Å²) in [4.78, 5) is 71.4. The van der Waals surface area contributed by atoms with Crippen molar-refractivity contribution in [1.82, 2.24) is 0 Å². The fraction of sp³-hybridized carbons (Fsp3) is 0.429. The van der Waals surface area contributed by atoms with E-state index in [2.05, 4.69) is 0 Å². The molecule has 2 rings (SSSR count). The highest BCUT2D eigenvalue weighted by Gasteiger charge is 2.40. The quantitative estimate of drug-likeness (QED) is 0.101. The van der Waals surface area contributed by atoms with Gasteiger partial charge in [0.1, 0.15) is 0 Å². The number of Topliss-reactive ketones (excluding diaryl/α,β-unsaturated/α-hetero) is 2. The van der Waals surface area contributed by atoms with Crippen LogP contribution in [0.15, 0.2) is 130 Å². The maximum Gasteiger partial charge on any atom is 0.307 e. The molecule has 3 atom stereocenters. The molecule has 2 aliphatic carbocycles. The molecule has 0 heterocycles. The summed E-state index contributed by atoms with van der Waals surface area (Å²) in [5, 5.41) is 17.6. The molecule has 0 amide bonds. The molecule has 2 aliphatic rings. The molecular weight excluding hydrogens is 749 g/mol. The summed E-state index contributed by atoms with van der Waals surface area (Å²) in [6, 6.07) is 0. The van der Waals surface area contributed by atoms with Crippen LogP contribution in [0, 0.1) is 11.3 Å². The summed E-state index contributed by atoms with van der Waals surface area (Å²) in [6.07, 6.45) is 25.2. The number of ether oxygens (including phenoxy) is 2. The first kappa shape index (κ1) is 51.4. The Morgan fingerprint density at radius 3 is 1.51 bits per heavy atom. The number of hydrogen-bond acceptors (Lipinski definition) is 8. The molecule has 320 valence electrons. The van der Waals surface area contributed by atoms with Crippen molar-refractivity contribution in [3.63, 3.8) is 0 Å². The zero-order valence-corrected chi connectivity index (χ0v) is 36.7. The first-order valence-electron chi connectivity index (χ1n) is 20.1.